The summed E-state index contributed by atoms with van der Waals surface area (Å²) in [6.07, 6.45) is 0. The van der Waals surface area contributed by atoms with Crippen LogP contribution in [-0.2, 0) is 0 Å². The summed E-state index contributed by atoms with van der Waals surface area (Å²) in [4.78, 5) is 11.6. The molecule has 7 heteroatoms. The molecule has 0 N–H and O–H groups in total. The number of hydrogen-bond acceptors (Lipinski definition) is 6. The van der Waals surface area contributed by atoms with E-state index >= 15 is 0 Å². The van der Waals surface area contributed by atoms with Gasteiger partial charge >= 0.3 is 0 Å². The molecule has 1 atom stereocenters. The third-order valence-corrected chi connectivity index (χ3v) is 5.21. The maximum atomic E-state index is 4.71. The molecular weight excluding hydrogens is 264 g/mol. The van der Waals surface area contributed by atoms with Crippen molar-refractivity contribution in [2.75, 3.05) is 47.3 Å². The lowest BCUT2D eigenvalue weighted by Gasteiger charge is -2.34. The largest absolute Gasteiger partial charge is 0.357 e. The number of halogens is 1. The summed E-state index contributed by atoms with van der Waals surface area (Å²) in [5.74, 6) is 0. The molecule has 0 amide bonds. The molecule has 0 bridgehead atoms. The molecular formula is C9H19ClN4S2. The minimum atomic E-state index is 0. The Labute approximate surface area is 112 Å². The van der Waals surface area contributed by atoms with E-state index in [2.05, 4.69) is 35.8 Å². The van der Waals surface area contributed by atoms with Crippen molar-refractivity contribution >= 4 is 39.2 Å². The smallest absolute Gasteiger partial charge is 0.172 e. The van der Waals surface area contributed by atoms with Gasteiger partial charge in [-0.15, -0.1) is 12.4 Å². The number of nitrogens with zero attached hydrogens (tertiary/aromatic N) is 4. The van der Waals surface area contributed by atoms with E-state index in [9.17, 15) is 0 Å². The average molecular weight is 283 g/mol. The Bertz CT molecular complexity index is 254. The maximum absolute atomic E-state index is 4.71. The highest BCUT2D eigenvalue weighted by molar-refractivity contribution is 8.82. The van der Waals surface area contributed by atoms with Gasteiger partial charge in [0.2, 0.25) is 0 Å². The summed E-state index contributed by atoms with van der Waals surface area (Å²) >= 11 is 0. The third kappa shape index (κ3) is 3.43. The number of hydrogen-bond donors (Lipinski definition) is 0. The van der Waals surface area contributed by atoms with Crippen LogP contribution in [0.5, 0.6) is 0 Å². The Morgan fingerprint density at radius 1 is 1.25 bits per heavy atom. The zero-order valence-corrected chi connectivity index (χ0v) is 12.4. The third-order valence-electron chi connectivity index (χ3n) is 2.66. The molecule has 4 nitrogen and oxygen atoms in total. The lowest BCUT2D eigenvalue weighted by molar-refractivity contribution is 0.147. The van der Waals surface area contributed by atoms with E-state index in [0.717, 1.165) is 31.3 Å². The van der Waals surface area contributed by atoms with Crippen LogP contribution in [0.1, 0.15) is 0 Å². The van der Waals surface area contributed by atoms with Gasteiger partial charge in [-0.25, -0.2) is 4.99 Å². The molecule has 1 saturated heterocycles. The van der Waals surface area contributed by atoms with Gasteiger partial charge in [-0.05, 0) is 28.6 Å². The van der Waals surface area contributed by atoms with Gasteiger partial charge in [0, 0.05) is 40.3 Å². The molecule has 0 radical (unpaired) electrons. The van der Waals surface area contributed by atoms with Crippen LogP contribution in [0.3, 0.4) is 0 Å². The fourth-order valence-corrected chi connectivity index (χ4v) is 4.19. The molecule has 0 aliphatic carbocycles. The van der Waals surface area contributed by atoms with E-state index in [-0.39, 0.29) is 12.4 Å². The van der Waals surface area contributed by atoms with Gasteiger partial charge in [-0.1, -0.05) is 0 Å². The molecule has 0 spiro atoms. The van der Waals surface area contributed by atoms with Crippen LogP contribution in [0.2, 0.25) is 0 Å². The summed E-state index contributed by atoms with van der Waals surface area (Å²) in [6.45, 7) is 4.60. The fourth-order valence-electron chi connectivity index (χ4n) is 1.60. The predicted octanol–water partition coefficient (Wildman–Crippen LogP) is 1.25. The van der Waals surface area contributed by atoms with Crippen LogP contribution in [-0.4, -0.2) is 72.7 Å². The minimum absolute atomic E-state index is 0. The summed E-state index contributed by atoms with van der Waals surface area (Å²) in [7, 11) is 9.95. The quantitative estimate of drug-likeness (QED) is 0.674. The van der Waals surface area contributed by atoms with E-state index < -0.39 is 0 Å². The molecule has 2 aliphatic rings. The Hall–Kier alpha value is 0.380. The number of amidine groups is 1. The first-order valence-electron chi connectivity index (χ1n) is 5.18. The zero-order valence-electron chi connectivity index (χ0n) is 9.92. The van der Waals surface area contributed by atoms with Gasteiger partial charge in [0.15, 0.2) is 10.7 Å². The van der Waals surface area contributed by atoms with Crippen LogP contribution in [0.25, 0.3) is 0 Å². The van der Waals surface area contributed by atoms with Crippen LogP contribution >= 0.6 is 34.0 Å². The molecule has 0 aromatic carbocycles. The van der Waals surface area contributed by atoms with Crippen LogP contribution in [0.4, 0.5) is 0 Å². The molecule has 2 rings (SSSR count). The van der Waals surface area contributed by atoms with Crippen molar-refractivity contribution in [1.29, 1.82) is 0 Å². The Morgan fingerprint density at radius 2 is 1.88 bits per heavy atom. The zero-order chi connectivity index (χ0) is 10.8. The van der Waals surface area contributed by atoms with Gasteiger partial charge < -0.3 is 9.80 Å². The second-order valence-electron chi connectivity index (χ2n) is 4.15. The Morgan fingerprint density at radius 3 is 2.38 bits per heavy atom. The number of rotatable bonds is 1. The molecule has 1 unspecified atom stereocenters. The highest BCUT2D eigenvalue weighted by Crippen LogP contribution is 2.38. The van der Waals surface area contributed by atoms with E-state index in [1.807, 2.05) is 10.8 Å². The van der Waals surface area contributed by atoms with Gasteiger partial charge in [0.25, 0.3) is 0 Å². The van der Waals surface area contributed by atoms with Gasteiger partial charge in [-0.3, -0.25) is 4.90 Å². The van der Waals surface area contributed by atoms with E-state index in [1.165, 1.54) is 0 Å². The molecule has 0 saturated carbocycles. The molecule has 1 fully saturated rings. The van der Waals surface area contributed by atoms with Gasteiger partial charge in [0.1, 0.15) is 0 Å². The molecule has 2 aliphatic heterocycles. The lowest BCUT2D eigenvalue weighted by atomic mass is 10.3. The average Bonchev–Trinajstić information content (AvgIpc) is 2.68. The van der Waals surface area contributed by atoms with Crippen molar-refractivity contribution < 1.29 is 0 Å². The first kappa shape index (κ1) is 14.4. The van der Waals surface area contributed by atoms with Crippen molar-refractivity contribution in [1.82, 2.24) is 14.7 Å². The van der Waals surface area contributed by atoms with E-state index in [4.69, 9.17) is 4.99 Å². The van der Waals surface area contributed by atoms with Crippen LogP contribution < -0.4 is 0 Å². The number of aliphatic imine (C=N–C) groups is 1. The van der Waals surface area contributed by atoms with Crippen molar-refractivity contribution in [2.24, 2.45) is 4.99 Å². The Kier molecular flexibility index (Phi) is 5.73. The topological polar surface area (TPSA) is 22.1 Å². The number of likely N-dealkylation sites (N-methyl/N-ethyl adjacent to an activating group) is 1. The first-order chi connectivity index (χ1) is 7.16. The molecule has 16 heavy (non-hydrogen) atoms. The molecule has 0 aromatic heterocycles. The van der Waals surface area contributed by atoms with Crippen molar-refractivity contribution in [3.05, 3.63) is 0 Å². The van der Waals surface area contributed by atoms with Crippen molar-refractivity contribution in [3.63, 3.8) is 0 Å². The second kappa shape index (κ2) is 6.35. The molecule has 2 heterocycles. The lowest BCUT2D eigenvalue weighted by Crippen LogP contribution is -2.47. The molecule has 94 valence electrons. The second-order valence-corrected chi connectivity index (χ2v) is 6.37. The monoisotopic (exact) mass is 282 g/mol. The van der Waals surface area contributed by atoms with E-state index in [1.54, 1.807) is 10.8 Å². The predicted molar refractivity (Wildman–Crippen MR) is 76.4 cm³/mol. The van der Waals surface area contributed by atoms with Crippen molar-refractivity contribution in [2.45, 2.75) is 5.50 Å². The van der Waals surface area contributed by atoms with Crippen LogP contribution in [0, 0.1) is 0 Å². The highest BCUT2D eigenvalue weighted by atomic mass is 35.5. The van der Waals surface area contributed by atoms with Gasteiger partial charge in [0.05, 0.1) is 0 Å². The summed E-state index contributed by atoms with van der Waals surface area (Å²) in [5, 5.41) is 1.14. The molecule has 0 aromatic rings. The fraction of sp³-hybridized carbons (Fsp3) is 0.889. The first-order valence-corrected chi connectivity index (χ1v) is 7.39. The minimum Gasteiger partial charge on any atom is -0.357 e. The summed E-state index contributed by atoms with van der Waals surface area (Å²) < 4.78 is 0. The van der Waals surface area contributed by atoms with Crippen LogP contribution in [0.15, 0.2) is 4.99 Å². The summed E-state index contributed by atoms with van der Waals surface area (Å²) in [5.41, 5.74) is 0.334. The Balaban J connectivity index is 0.00000128. The summed E-state index contributed by atoms with van der Waals surface area (Å²) in [6, 6.07) is 0. The van der Waals surface area contributed by atoms with E-state index in [0.29, 0.717) is 5.50 Å². The van der Waals surface area contributed by atoms with Gasteiger partial charge in [-0.2, -0.15) is 0 Å². The maximum Gasteiger partial charge on any atom is 0.172 e. The normalized spacial score (nSPS) is 27.4. The highest BCUT2D eigenvalue weighted by Gasteiger charge is 2.28. The van der Waals surface area contributed by atoms with Crippen molar-refractivity contribution in [3.8, 4) is 0 Å². The standard InChI is InChI=1S/C9H18N4S2.ClH/c1-11(2)8-10-9(15-14-8)13-6-4-12(3)5-7-13;/h9H,4-7H2,1-3H3;1H. The number of piperazine rings is 1. The SMILES string of the molecule is CN1CCN(C2N=C(N(C)C)SS2)CC1.Cl.